The van der Waals surface area contributed by atoms with E-state index in [0.717, 1.165) is 10.5 Å². The average molecular weight is 380 g/mol. The lowest BCUT2D eigenvalue weighted by Gasteiger charge is -2.26. The number of rotatable bonds is 5. The third-order valence-electron chi connectivity index (χ3n) is 4.46. The predicted octanol–water partition coefficient (Wildman–Crippen LogP) is 2.29. The number of amides is 3. The molecule has 3 rings (SSSR count). The highest BCUT2D eigenvalue weighted by molar-refractivity contribution is 6.23. The molecule has 28 heavy (non-hydrogen) atoms. The molecule has 0 aliphatic carbocycles. The second-order valence-electron chi connectivity index (χ2n) is 6.51. The van der Waals surface area contributed by atoms with Crippen molar-refractivity contribution >= 4 is 29.4 Å². The normalized spacial score (nSPS) is 16.2. The first kappa shape index (κ1) is 19.3. The predicted molar refractivity (Wildman–Crippen MR) is 101 cm³/mol. The number of imide groups is 1. The second kappa shape index (κ2) is 8.04. The van der Waals surface area contributed by atoms with Crippen molar-refractivity contribution < 1.29 is 23.9 Å². The fourth-order valence-corrected chi connectivity index (χ4v) is 3.18. The van der Waals surface area contributed by atoms with Gasteiger partial charge in [0.2, 0.25) is 11.8 Å². The van der Waals surface area contributed by atoms with E-state index in [2.05, 4.69) is 0 Å². The van der Waals surface area contributed by atoms with Crippen LogP contribution in [0.1, 0.15) is 25.8 Å². The Balaban J connectivity index is 1.81. The summed E-state index contributed by atoms with van der Waals surface area (Å²) < 4.78 is 4.96. The van der Waals surface area contributed by atoms with Gasteiger partial charge in [-0.2, -0.15) is 0 Å². The van der Waals surface area contributed by atoms with Crippen LogP contribution in [0.4, 0.5) is 5.69 Å². The fraction of sp³-hybridized carbons (Fsp3) is 0.238. The van der Waals surface area contributed by atoms with Crippen LogP contribution >= 0.6 is 0 Å². The second-order valence-corrected chi connectivity index (χ2v) is 6.51. The lowest BCUT2D eigenvalue weighted by molar-refractivity contribution is -0.137. The van der Waals surface area contributed by atoms with Gasteiger partial charge in [-0.3, -0.25) is 19.2 Å². The molecule has 7 nitrogen and oxygen atoms in total. The van der Waals surface area contributed by atoms with Crippen LogP contribution in [0.3, 0.4) is 0 Å². The van der Waals surface area contributed by atoms with Gasteiger partial charge in [-0.25, -0.2) is 4.90 Å². The van der Waals surface area contributed by atoms with Gasteiger partial charge >= 0.3 is 5.97 Å². The molecule has 0 N–H and O–H groups in total. The van der Waals surface area contributed by atoms with E-state index in [1.165, 1.54) is 43.0 Å². The molecule has 0 radical (unpaired) electrons. The SMILES string of the molecule is CC(=O)Oc1ccc(N2C(=O)CC(N(Cc3ccccc3)C(C)=O)C2=O)cc1. The minimum absolute atomic E-state index is 0.0725. The van der Waals surface area contributed by atoms with Crippen LogP contribution < -0.4 is 9.64 Å². The molecule has 1 unspecified atom stereocenters. The molecule has 1 aliphatic heterocycles. The Morgan fingerprint density at radius 2 is 1.68 bits per heavy atom. The smallest absolute Gasteiger partial charge is 0.308 e. The Hall–Kier alpha value is -3.48. The van der Waals surface area contributed by atoms with Gasteiger partial charge in [-0.15, -0.1) is 0 Å². The van der Waals surface area contributed by atoms with Gasteiger partial charge in [-0.05, 0) is 29.8 Å². The minimum atomic E-state index is -0.849. The highest BCUT2D eigenvalue weighted by Gasteiger charge is 2.43. The molecule has 1 aliphatic rings. The summed E-state index contributed by atoms with van der Waals surface area (Å²) in [4.78, 5) is 51.1. The maximum Gasteiger partial charge on any atom is 0.308 e. The summed E-state index contributed by atoms with van der Waals surface area (Å²) >= 11 is 0. The third kappa shape index (κ3) is 4.09. The lowest BCUT2D eigenvalue weighted by atomic mass is 10.1. The van der Waals surface area contributed by atoms with E-state index < -0.39 is 17.9 Å². The Bertz CT molecular complexity index is 908. The first-order valence-electron chi connectivity index (χ1n) is 8.83. The van der Waals surface area contributed by atoms with E-state index in [1.807, 2.05) is 30.3 Å². The van der Waals surface area contributed by atoms with Crippen molar-refractivity contribution in [1.29, 1.82) is 0 Å². The van der Waals surface area contributed by atoms with Gasteiger partial charge < -0.3 is 9.64 Å². The number of nitrogens with zero attached hydrogens (tertiary/aromatic N) is 2. The Kier molecular flexibility index (Phi) is 5.54. The number of hydrogen-bond acceptors (Lipinski definition) is 5. The highest BCUT2D eigenvalue weighted by atomic mass is 16.5. The minimum Gasteiger partial charge on any atom is -0.427 e. The summed E-state index contributed by atoms with van der Waals surface area (Å²) in [6.07, 6.45) is -0.0725. The zero-order valence-corrected chi connectivity index (χ0v) is 15.6. The van der Waals surface area contributed by atoms with Gasteiger partial charge in [-0.1, -0.05) is 30.3 Å². The Morgan fingerprint density at radius 1 is 1.04 bits per heavy atom. The molecule has 3 amide bonds. The molecule has 0 aromatic heterocycles. The standard InChI is InChI=1S/C21H20N2O5/c1-14(24)22(13-16-6-4-3-5-7-16)19-12-20(26)23(21(19)27)17-8-10-18(11-9-17)28-15(2)25/h3-11,19H,12-13H2,1-2H3. The van der Waals surface area contributed by atoms with E-state index in [4.69, 9.17) is 4.74 Å². The van der Waals surface area contributed by atoms with Crippen LogP contribution in [0, 0.1) is 0 Å². The molecular weight excluding hydrogens is 360 g/mol. The van der Waals surface area contributed by atoms with Gasteiger partial charge in [0.1, 0.15) is 11.8 Å². The van der Waals surface area contributed by atoms with Crippen molar-refractivity contribution in [2.75, 3.05) is 4.90 Å². The third-order valence-corrected chi connectivity index (χ3v) is 4.46. The van der Waals surface area contributed by atoms with Gasteiger partial charge in [0.15, 0.2) is 0 Å². The van der Waals surface area contributed by atoms with Crippen LogP contribution in [0.2, 0.25) is 0 Å². The Labute approximate surface area is 162 Å². The first-order chi connectivity index (χ1) is 13.4. The van der Waals surface area contributed by atoms with Gasteiger partial charge in [0, 0.05) is 20.4 Å². The zero-order valence-electron chi connectivity index (χ0n) is 15.6. The number of hydrogen-bond donors (Lipinski definition) is 0. The highest BCUT2D eigenvalue weighted by Crippen LogP contribution is 2.28. The first-order valence-corrected chi connectivity index (χ1v) is 8.83. The molecule has 2 aromatic carbocycles. The molecule has 7 heteroatoms. The maximum atomic E-state index is 12.9. The quantitative estimate of drug-likeness (QED) is 0.451. The largest absolute Gasteiger partial charge is 0.427 e. The summed E-state index contributed by atoms with van der Waals surface area (Å²) in [5.41, 5.74) is 1.25. The van der Waals surface area contributed by atoms with Crippen LogP contribution in [-0.2, 0) is 25.7 Å². The van der Waals surface area contributed by atoms with E-state index in [1.54, 1.807) is 0 Å². The zero-order chi connectivity index (χ0) is 20.3. The molecule has 1 saturated heterocycles. The van der Waals surface area contributed by atoms with Crippen molar-refractivity contribution in [3.63, 3.8) is 0 Å². The van der Waals surface area contributed by atoms with Crippen LogP contribution in [-0.4, -0.2) is 34.6 Å². The number of ether oxygens (including phenoxy) is 1. The number of benzene rings is 2. The monoisotopic (exact) mass is 380 g/mol. The summed E-state index contributed by atoms with van der Waals surface area (Å²) in [6, 6.07) is 14.5. The molecule has 0 bridgehead atoms. The Morgan fingerprint density at radius 3 is 2.25 bits per heavy atom. The number of anilines is 1. The number of carbonyl (C=O) groups excluding carboxylic acids is 4. The van der Waals surface area contributed by atoms with Crippen molar-refractivity contribution in [3.05, 3.63) is 60.2 Å². The van der Waals surface area contributed by atoms with Crippen LogP contribution in [0.15, 0.2) is 54.6 Å². The van der Waals surface area contributed by atoms with E-state index in [9.17, 15) is 19.2 Å². The molecule has 0 spiro atoms. The molecule has 1 fully saturated rings. The lowest BCUT2D eigenvalue weighted by Crippen LogP contribution is -2.44. The van der Waals surface area contributed by atoms with E-state index in [0.29, 0.717) is 11.4 Å². The summed E-state index contributed by atoms with van der Waals surface area (Å²) in [7, 11) is 0. The molecule has 1 atom stereocenters. The molecule has 2 aromatic rings. The van der Waals surface area contributed by atoms with Gasteiger partial charge in [0.05, 0.1) is 12.1 Å². The van der Waals surface area contributed by atoms with Crippen molar-refractivity contribution in [3.8, 4) is 5.75 Å². The van der Waals surface area contributed by atoms with Crippen molar-refractivity contribution in [2.45, 2.75) is 32.9 Å². The molecule has 1 heterocycles. The molecule has 0 saturated carbocycles. The summed E-state index contributed by atoms with van der Waals surface area (Å²) in [6.45, 7) is 2.92. The fourth-order valence-electron chi connectivity index (χ4n) is 3.18. The number of esters is 1. The molecular formula is C21H20N2O5. The van der Waals surface area contributed by atoms with Crippen LogP contribution in [0.25, 0.3) is 0 Å². The maximum absolute atomic E-state index is 12.9. The average Bonchev–Trinajstić information content (AvgIpc) is 2.95. The topological polar surface area (TPSA) is 84.0 Å². The van der Waals surface area contributed by atoms with Crippen molar-refractivity contribution in [1.82, 2.24) is 4.90 Å². The van der Waals surface area contributed by atoms with E-state index in [-0.39, 0.29) is 24.8 Å². The number of carbonyl (C=O) groups is 4. The van der Waals surface area contributed by atoms with Crippen molar-refractivity contribution in [2.24, 2.45) is 0 Å². The summed E-state index contributed by atoms with van der Waals surface area (Å²) in [5.74, 6) is -1.24. The van der Waals surface area contributed by atoms with E-state index >= 15 is 0 Å². The van der Waals surface area contributed by atoms with Crippen LogP contribution in [0.5, 0.6) is 5.75 Å². The summed E-state index contributed by atoms with van der Waals surface area (Å²) in [5, 5.41) is 0. The van der Waals surface area contributed by atoms with Gasteiger partial charge in [0.25, 0.3) is 5.91 Å². The molecule has 144 valence electrons.